The smallest absolute Gasteiger partial charge is 0.282 e. The maximum absolute atomic E-state index is 13.1. The Labute approximate surface area is 190 Å². The molecule has 8 nitrogen and oxygen atoms in total. The summed E-state index contributed by atoms with van der Waals surface area (Å²) in [6, 6.07) is 10.2. The van der Waals surface area contributed by atoms with Gasteiger partial charge in [-0.2, -0.15) is 17.0 Å². The fourth-order valence-corrected chi connectivity index (χ4v) is 6.05. The lowest BCUT2D eigenvalue weighted by Gasteiger charge is -2.37. The lowest BCUT2D eigenvalue weighted by Crippen LogP contribution is -2.55. The fourth-order valence-electron chi connectivity index (χ4n) is 4.48. The Bertz CT molecular complexity index is 1060. The third-order valence-electron chi connectivity index (χ3n) is 6.34. The van der Waals surface area contributed by atoms with E-state index < -0.39 is 10.2 Å². The molecule has 32 heavy (non-hydrogen) atoms. The summed E-state index contributed by atoms with van der Waals surface area (Å²) in [5.41, 5.74) is 4.93. The van der Waals surface area contributed by atoms with Gasteiger partial charge in [-0.3, -0.25) is 9.69 Å². The molecule has 1 aromatic carbocycles. The van der Waals surface area contributed by atoms with Crippen molar-refractivity contribution < 1.29 is 17.9 Å². The monoisotopic (exact) mass is 460 g/mol. The molecule has 0 radical (unpaired) electrons. The maximum atomic E-state index is 13.1. The molecule has 0 spiro atoms. The van der Waals surface area contributed by atoms with E-state index in [0.717, 1.165) is 22.6 Å². The molecule has 3 heterocycles. The van der Waals surface area contributed by atoms with Crippen molar-refractivity contribution in [1.82, 2.24) is 18.1 Å². The molecule has 0 unspecified atom stereocenters. The van der Waals surface area contributed by atoms with Gasteiger partial charge in [-0.05, 0) is 39.0 Å². The van der Waals surface area contributed by atoms with E-state index in [-0.39, 0.29) is 5.78 Å². The highest BCUT2D eigenvalue weighted by molar-refractivity contribution is 7.86. The van der Waals surface area contributed by atoms with Crippen molar-refractivity contribution in [1.29, 1.82) is 0 Å². The third kappa shape index (κ3) is 4.67. The topological polar surface area (TPSA) is 75.1 Å². The van der Waals surface area contributed by atoms with Crippen LogP contribution in [-0.4, -0.2) is 91.3 Å². The molecule has 2 saturated heterocycles. The highest BCUT2D eigenvalue weighted by atomic mass is 32.2. The molecule has 0 bridgehead atoms. The number of ether oxygens (including phenoxy) is 1. The highest BCUT2D eigenvalue weighted by Gasteiger charge is 2.33. The van der Waals surface area contributed by atoms with Crippen molar-refractivity contribution in [2.45, 2.75) is 20.8 Å². The van der Waals surface area contributed by atoms with Crippen LogP contribution in [0.3, 0.4) is 0 Å². The Hall–Kier alpha value is -2.04. The molecular weight excluding hydrogens is 428 g/mol. The molecular formula is C23H32N4O4S. The van der Waals surface area contributed by atoms with Crippen molar-refractivity contribution in [3.63, 3.8) is 0 Å². The lowest BCUT2D eigenvalue weighted by molar-refractivity contribution is 0.0681. The van der Waals surface area contributed by atoms with Crippen molar-refractivity contribution in [2.75, 3.05) is 59.0 Å². The molecule has 0 amide bonds. The number of benzene rings is 1. The predicted molar refractivity (Wildman–Crippen MR) is 124 cm³/mol. The zero-order valence-electron chi connectivity index (χ0n) is 19.1. The van der Waals surface area contributed by atoms with Crippen molar-refractivity contribution in [2.24, 2.45) is 0 Å². The fraction of sp³-hybridized carbons (Fsp3) is 0.522. The average Bonchev–Trinajstić information content (AvgIpc) is 3.09. The summed E-state index contributed by atoms with van der Waals surface area (Å²) in [6.07, 6.45) is 0. The first-order valence-electron chi connectivity index (χ1n) is 11.1. The molecule has 1 aromatic heterocycles. The number of rotatable bonds is 6. The van der Waals surface area contributed by atoms with E-state index in [1.54, 1.807) is 0 Å². The Morgan fingerprint density at radius 2 is 1.50 bits per heavy atom. The minimum absolute atomic E-state index is 0.0703. The predicted octanol–water partition coefficient (Wildman–Crippen LogP) is 1.78. The average molecular weight is 461 g/mol. The van der Waals surface area contributed by atoms with E-state index in [4.69, 9.17) is 4.74 Å². The number of carbonyl (C=O) groups is 1. The van der Waals surface area contributed by atoms with Crippen LogP contribution in [-0.2, 0) is 14.9 Å². The number of ketones is 1. The van der Waals surface area contributed by atoms with Crippen molar-refractivity contribution in [3.05, 3.63) is 52.8 Å². The van der Waals surface area contributed by atoms with E-state index in [0.29, 0.717) is 59.0 Å². The SMILES string of the molecule is Cc1ccc(-n2c(C)cc(C(=O)CN3CCN(S(=O)(=O)N4CCOCC4)CC3)c2C)cc1. The molecule has 2 fully saturated rings. The molecule has 174 valence electrons. The molecule has 0 aliphatic carbocycles. The Balaban J connectivity index is 1.39. The van der Waals surface area contributed by atoms with Gasteiger partial charge in [0.25, 0.3) is 10.2 Å². The van der Waals surface area contributed by atoms with Crippen LogP contribution in [0.2, 0.25) is 0 Å². The molecule has 4 rings (SSSR count). The minimum Gasteiger partial charge on any atom is -0.379 e. The number of hydrogen-bond acceptors (Lipinski definition) is 5. The second-order valence-electron chi connectivity index (χ2n) is 8.57. The van der Waals surface area contributed by atoms with Crippen LogP contribution in [0.1, 0.15) is 27.3 Å². The standard InChI is InChI=1S/C23H32N4O4S/c1-18-4-6-21(7-5-18)27-19(2)16-22(20(27)3)23(28)17-24-8-10-25(11-9-24)32(29,30)26-12-14-31-15-13-26/h4-7,16H,8-15,17H2,1-3H3. The molecule has 2 aliphatic rings. The quantitative estimate of drug-likeness (QED) is 0.615. The molecule has 0 atom stereocenters. The van der Waals surface area contributed by atoms with Gasteiger partial charge in [0.05, 0.1) is 19.8 Å². The van der Waals surface area contributed by atoms with Crippen LogP contribution in [0, 0.1) is 20.8 Å². The van der Waals surface area contributed by atoms with Crippen molar-refractivity contribution in [3.8, 4) is 5.69 Å². The first-order valence-corrected chi connectivity index (χ1v) is 12.5. The van der Waals surface area contributed by atoms with Crippen molar-refractivity contribution >= 4 is 16.0 Å². The minimum atomic E-state index is -3.46. The maximum Gasteiger partial charge on any atom is 0.282 e. The van der Waals surface area contributed by atoms with Crippen LogP contribution in [0.15, 0.2) is 30.3 Å². The number of hydrogen-bond donors (Lipinski definition) is 0. The van der Waals surface area contributed by atoms with E-state index in [9.17, 15) is 13.2 Å². The normalized spacial score (nSPS) is 19.3. The Morgan fingerprint density at radius 3 is 2.12 bits per heavy atom. The van der Waals surface area contributed by atoms with Crippen LogP contribution in [0.4, 0.5) is 0 Å². The number of aryl methyl sites for hydroxylation is 2. The summed E-state index contributed by atoms with van der Waals surface area (Å²) < 4.78 is 36.1. The summed E-state index contributed by atoms with van der Waals surface area (Å²) in [6.45, 7) is 9.91. The molecule has 0 N–H and O–H groups in total. The molecule has 2 aliphatic heterocycles. The van der Waals surface area contributed by atoms with Crippen LogP contribution < -0.4 is 0 Å². The summed E-state index contributed by atoms with van der Waals surface area (Å²) in [7, 11) is -3.46. The van der Waals surface area contributed by atoms with Crippen LogP contribution in [0.5, 0.6) is 0 Å². The van der Waals surface area contributed by atoms with Gasteiger partial charge in [0, 0.05) is 61.9 Å². The van der Waals surface area contributed by atoms with E-state index in [2.05, 4.69) is 35.8 Å². The molecule has 9 heteroatoms. The lowest BCUT2D eigenvalue weighted by atomic mass is 10.1. The zero-order chi connectivity index (χ0) is 22.9. The van der Waals surface area contributed by atoms with Crippen LogP contribution in [0.25, 0.3) is 5.69 Å². The number of Topliss-reactive ketones (excluding diaryl/α,β-unsaturated/α-hetero) is 1. The second-order valence-corrected chi connectivity index (χ2v) is 10.5. The molecule has 0 saturated carbocycles. The molecule has 2 aromatic rings. The van der Waals surface area contributed by atoms with Gasteiger partial charge in [0.15, 0.2) is 5.78 Å². The number of morpholine rings is 1. The third-order valence-corrected chi connectivity index (χ3v) is 8.38. The van der Waals surface area contributed by atoms with Gasteiger partial charge < -0.3 is 9.30 Å². The second kappa shape index (κ2) is 9.44. The van der Waals surface area contributed by atoms with E-state index >= 15 is 0 Å². The zero-order valence-corrected chi connectivity index (χ0v) is 19.9. The number of piperazine rings is 1. The number of carbonyl (C=O) groups excluding carboxylic acids is 1. The van der Waals surface area contributed by atoms with Gasteiger partial charge in [0.2, 0.25) is 0 Å². The van der Waals surface area contributed by atoms with E-state index in [1.165, 1.54) is 14.2 Å². The first-order chi connectivity index (χ1) is 15.3. The largest absolute Gasteiger partial charge is 0.379 e. The Morgan fingerprint density at radius 1 is 0.906 bits per heavy atom. The number of nitrogens with zero attached hydrogens (tertiary/aromatic N) is 4. The van der Waals surface area contributed by atoms with Gasteiger partial charge in [0.1, 0.15) is 0 Å². The number of aromatic nitrogens is 1. The van der Waals surface area contributed by atoms with Gasteiger partial charge in [-0.1, -0.05) is 17.7 Å². The first kappa shape index (κ1) is 23.1. The van der Waals surface area contributed by atoms with Gasteiger partial charge in [-0.15, -0.1) is 0 Å². The van der Waals surface area contributed by atoms with E-state index in [1.807, 2.05) is 24.8 Å². The van der Waals surface area contributed by atoms with Gasteiger partial charge >= 0.3 is 0 Å². The highest BCUT2D eigenvalue weighted by Crippen LogP contribution is 2.22. The summed E-state index contributed by atoms with van der Waals surface area (Å²) >= 11 is 0. The summed E-state index contributed by atoms with van der Waals surface area (Å²) in [5.74, 6) is 0.0703. The summed E-state index contributed by atoms with van der Waals surface area (Å²) in [5, 5.41) is 0. The van der Waals surface area contributed by atoms with Crippen LogP contribution >= 0.6 is 0 Å². The summed E-state index contributed by atoms with van der Waals surface area (Å²) in [4.78, 5) is 15.1. The Kier molecular flexibility index (Phi) is 6.83. The van der Waals surface area contributed by atoms with Gasteiger partial charge in [-0.25, -0.2) is 0 Å².